The summed E-state index contributed by atoms with van der Waals surface area (Å²) in [6, 6.07) is 5.89. The predicted octanol–water partition coefficient (Wildman–Crippen LogP) is 2.55. The molecule has 0 fully saturated rings. The highest BCUT2D eigenvalue weighted by atomic mass is 14.6. The molecule has 0 aliphatic rings. The molecule has 0 amide bonds. The van der Waals surface area contributed by atoms with Crippen molar-refractivity contribution in [2.45, 2.75) is 26.2 Å². The number of benzene rings is 1. The van der Waals surface area contributed by atoms with E-state index in [1.807, 2.05) is 18.2 Å². The second kappa shape index (κ2) is 3.14. The molecular weight excluding hydrogens is 158 g/mol. The minimum Gasteiger partial charge on any atom is -0.398 e. The van der Waals surface area contributed by atoms with Crippen LogP contribution in [0.25, 0.3) is 0 Å². The van der Waals surface area contributed by atoms with Gasteiger partial charge < -0.3 is 5.73 Å². The number of nitrogens with two attached hydrogens (primary N) is 1. The molecule has 1 nitrogen and oxygen atoms in total. The second-order valence-electron chi connectivity index (χ2n) is 4.20. The lowest BCUT2D eigenvalue weighted by Gasteiger charge is -2.19. The van der Waals surface area contributed by atoms with Crippen LogP contribution in [0.1, 0.15) is 31.9 Å². The Morgan fingerprint density at radius 2 is 1.92 bits per heavy atom. The van der Waals surface area contributed by atoms with Gasteiger partial charge in [-0.1, -0.05) is 32.8 Å². The summed E-state index contributed by atoms with van der Waals surface area (Å²) in [6.07, 6.45) is 5.28. The molecule has 0 radical (unpaired) electrons. The molecule has 0 spiro atoms. The van der Waals surface area contributed by atoms with Gasteiger partial charge in [0.1, 0.15) is 0 Å². The van der Waals surface area contributed by atoms with E-state index in [1.54, 1.807) is 0 Å². The Balaban J connectivity index is 3.20. The van der Waals surface area contributed by atoms with Crippen molar-refractivity contribution in [1.29, 1.82) is 0 Å². The van der Waals surface area contributed by atoms with Crippen molar-refractivity contribution in [3.63, 3.8) is 0 Å². The minimum atomic E-state index is 0.126. The summed E-state index contributed by atoms with van der Waals surface area (Å²) in [5.41, 5.74) is 8.59. The van der Waals surface area contributed by atoms with Gasteiger partial charge in [-0.25, -0.2) is 0 Å². The van der Waals surface area contributed by atoms with Crippen molar-refractivity contribution >= 4 is 5.69 Å². The van der Waals surface area contributed by atoms with E-state index >= 15 is 0 Å². The van der Waals surface area contributed by atoms with E-state index in [9.17, 15) is 0 Å². The molecule has 0 saturated heterocycles. The fourth-order valence-corrected chi connectivity index (χ4v) is 1.16. The average molecular weight is 173 g/mol. The van der Waals surface area contributed by atoms with Crippen molar-refractivity contribution in [1.82, 2.24) is 0 Å². The van der Waals surface area contributed by atoms with Crippen LogP contribution in [0, 0.1) is 12.3 Å². The predicted molar refractivity (Wildman–Crippen MR) is 57.5 cm³/mol. The van der Waals surface area contributed by atoms with Gasteiger partial charge in [-0.2, -0.15) is 0 Å². The van der Waals surface area contributed by atoms with Crippen molar-refractivity contribution in [3.05, 3.63) is 29.3 Å². The van der Waals surface area contributed by atoms with E-state index < -0.39 is 0 Å². The largest absolute Gasteiger partial charge is 0.398 e. The summed E-state index contributed by atoms with van der Waals surface area (Å²) in [7, 11) is 0. The zero-order valence-electron chi connectivity index (χ0n) is 8.39. The Morgan fingerprint density at radius 1 is 1.31 bits per heavy atom. The van der Waals surface area contributed by atoms with Crippen LogP contribution in [0.4, 0.5) is 5.69 Å². The first kappa shape index (κ1) is 9.67. The first-order valence-electron chi connectivity index (χ1n) is 4.32. The maximum Gasteiger partial charge on any atom is 0.0476 e. The molecule has 1 rings (SSSR count). The average Bonchev–Trinajstić information content (AvgIpc) is 2.02. The molecular formula is C12H15N. The lowest BCUT2D eigenvalue weighted by atomic mass is 9.86. The fraction of sp³-hybridized carbons (Fsp3) is 0.333. The van der Waals surface area contributed by atoms with Gasteiger partial charge in [0.2, 0.25) is 0 Å². The normalized spacial score (nSPS) is 10.9. The van der Waals surface area contributed by atoms with Crippen LogP contribution in [-0.4, -0.2) is 0 Å². The summed E-state index contributed by atoms with van der Waals surface area (Å²) >= 11 is 0. The number of hydrogen-bond acceptors (Lipinski definition) is 1. The standard InChI is InChI=1S/C12H15N/c1-5-9-6-7-10(8-11(9)13)12(2,3)4/h1,6-8H,13H2,2-4H3. The van der Waals surface area contributed by atoms with Crippen LogP contribution < -0.4 is 5.73 Å². The van der Waals surface area contributed by atoms with Gasteiger partial charge in [0.15, 0.2) is 0 Å². The summed E-state index contributed by atoms with van der Waals surface area (Å²) in [5.74, 6) is 2.55. The third-order valence-electron chi connectivity index (χ3n) is 2.07. The van der Waals surface area contributed by atoms with Crippen LogP contribution in [0.2, 0.25) is 0 Å². The van der Waals surface area contributed by atoms with Gasteiger partial charge in [0.25, 0.3) is 0 Å². The molecule has 0 aromatic heterocycles. The summed E-state index contributed by atoms with van der Waals surface area (Å²) in [6.45, 7) is 6.45. The van der Waals surface area contributed by atoms with Gasteiger partial charge >= 0.3 is 0 Å². The maximum absolute atomic E-state index is 5.79. The number of anilines is 1. The molecule has 0 aliphatic carbocycles. The lowest BCUT2D eigenvalue weighted by Crippen LogP contribution is -2.11. The Morgan fingerprint density at radius 3 is 2.31 bits per heavy atom. The molecule has 1 heteroatoms. The van der Waals surface area contributed by atoms with Gasteiger partial charge in [-0.3, -0.25) is 0 Å². The molecule has 1 aromatic rings. The molecule has 2 N–H and O–H groups in total. The van der Waals surface area contributed by atoms with Crippen LogP contribution in [0.5, 0.6) is 0 Å². The van der Waals surface area contributed by atoms with E-state index in [0.717, 1.165) is 5.56 Å². The number of rotatable bonds is 0. The molecule has 0 unspecified atom stereocenters. The zero-order chi connectivity index (χ0) is 10.1. The number of hydrogen-bond donors (Lipinski definition) is 1. The zero-order valence-corrected chi connectivity index (χ0v) is 8.39. The Labute approximate surface area is 80.0 Å². The SMILES string of the molecule is C#Cc1ccc(C(C)(C)C)cc1N. The highest BCUT2D eigenvalue weighted by molar-refractivity contribution is 5.57. The molecule has 1 aromatic carbocycles. The van der Waals surface area contributed by atoms with E-state index in [1.165, 1.54) is 5.56 Å². The van der Waals surface area contributed by atoms with E-state index in [0.29, 0.717) is 5.69 Å². The lowest BCUT2D eigenvalue weighted by molar-refractivity contribution is 0.590. The summed E-state index contributed by atoms with van der Waals surface area (Å²) < 4.78 is 0. The maximum atomic E-state index is 5.79. The molecule has 0 bridgehead atoms. The molecule has 13 heavy (non-hydrogen) atoms. The third-order valence-corrected chi connectivity index (χ3v) is 2.07. The van der Waals surface area contributed by atoms with Crippen LogP contribution in [0.15, 0.2) is 18.2 Å². The van der Waals surface area contributed by atoms with Crippen LogP contribution in [0.3, 0.4) is 0 Å². The Kier molecular flexibility index (Phi) is 2.34. The first-order valence-corrected chi connectivity index (χ1v) is 4.32. The van der Waals surface area contributed by atoms with Gasteiger partial charge in [0, 0.05) is 11.3 Å². The monoisotopic (exact) mass is 173 g/mol. The third kappa shape index (κ3) is 2.03. The van der Waals surface area contributed by atoms with Gasteiger partial charge in [-0.15, -0.1) is 6.42 Å². The first-order chi connectivity index (χ1) is 5.95. The molecule has 0 atom stereocenters. The minimum absolute atomic E-state index is 0.126. The number of terminal acetylenes is 1. The van der Waals surface area contributed by atoms with Crippen molar-refractivity contribution < 1.29 is 0 Å². The van der Waals surface area contributed by atoms with E-state index in [2.05, 4.69) is 26.7 Å². The highest BCUT2D eigenvalue weighted by Gasteiger charge is 2.13. The quantitative estimate of drug-likeness (QED) is 0.473. The van der Waals surface area contributed by atoms with Crippen molar-refractivity contribution in [2.24, 2.45) is 0 Å². The number of nitrogen functional groups attached to an aromatic ring is 1. The highest BCUT2D eigenvalue weighted by Crippen LogP contribution is 2.25. The van der Waals surface area contributed by atoms with Crippen LogP contribution >= 0.6 is 0 Å². The van der Waals surface area contributed by atoms with Crippen molar-refractivity contribution in [2.75, 3.05) is 5.73 Å². The van der Waals surface area contributed by atoms with Gasteiger partial charge in [-0.05, 0) is 23.1 Å². The topological polar surface area (TPSA) is 26.0 Å². The molecule has 0 aliphatic heterocycles. The van der Waals surface area contributed by atoms with Crippen LogP contribution in [-0.2, 0) is 5.41 Å². The summed E-state index contributed by atoms with van der Waals surface area (Å²) in [4.78, 5) is 0. The Bertz CT molecular complexity index is 350. The molecule has 0 saturated carbocycles. The van der Waals surface area contributed by atoms with E-state index in [4.69, 9.17) is 12.2 Å². The fourth-order valence-electron chi connectivity index (χ4n) is 1.16. The molecule has 0 heterocycles. The van der Waals surface area contributed by atoms with E-state index in [-0.39, 0.29) is 5.41 Å². The summed E-state index contributed by atoms with van der Waals surface area (Å²) in [5, 5.41) is 0. The Hall–Kier alpha value is -1.42. The van der Waals surface area contributed by atoms with Gasteiger partial charge in [0.05, 0.1) is 0 Å². The smallest absolute Gasteiger partial charge is 0.0476 e. The second-order valence-corrected chi connectivity index (χ2v) is 4.20. The molecule has 68 valence electrons. The van der Waals surface area contributed by atoms with Crippen molar-refractivity contribution in [3.8, 4) is 12.3 Å².